The molecule has 6 nitrogen and oxygen atoms in total. The topological polar surface area (TPSA) is 72.3 Å². The van der Waals surface area contributed by atoms with Crippen LogP contribution in [0.1, 0.15) is 5.56 Å². The number of benzene rings is 3. The number of aromatic nitrogens is 3. The lowest BCUT2D eigenvalue weighted by Gasteiger charge is -2.09. The molecule has 0 aliphatic carbocycles. The Morgan fingerprint density at radius 3 is 2.20 bits per heavy atom. The minimum atomic E-state index is 0.304. The van der Waals surface area contributed by atoms with Crippen LogP contribution in [0.3, 0.4) is 0 Å². The number of hydrogen-bond donors (Lipinski definition) is 1. The van der Waals surface area contributed by atoms with Crippen LogP contribution in [-0.2, 0) is 0 Å². The lowest BCUT2D eigenvalue weighted by molar-refractivity contribution is 0.414. The third-order valence-electron chi connectivity index (χ3n) is 4.34. The molecule has 0 aliphatic heterocycles. The van der Waals surface area contributed by atoms with Crippen molar-refractivity contribution in [3.05, 3.63) is 88.9 Å². The van der Waals surface area contributed by atoms with Gasteiger partial charge >= 0.3 is 0 Å². The van der Waals surface area contributed by atoms with Crippen molar-refractivity contribution in [1.82, 2.24) is 15.2 Å². The normalized spacial score (nSPS) is 10.9. The van der Waals surface area contributed by atoms with Gasteiger partial charge in [-0.1, -0.05) is 76.6 Å². The van der Waals surface area contributed by atoms with Gasteiger partial charge in [0.15, 0.2) is 0 Å². The second-order valence-electron chi connectivity index (χ2n) is 6.32. The minimum Gasteiger partial charge on any atom is -0.496 e. The van der Waals surface area contributed by atoms with Gasteiger partial charge in [0.25, 0.3) is 5.95 Å². The molecule has 0 saturated carbocycles. The van der Waals surface area contributed by atoms with Crippen molar-refractivity contribution in [3.63, 3.8) is 0 Å². The Labute approximate surface area is 182 Å². The molecule has 0 atom stereocenters. The number of halogens is 1. The molecule has 148 valence electrons. The molecule has 0 radical (unpaired) electrons. The Morgan fingerprint density at radius 2 is 1.53 bits per heavy atom. The zero-order valence-electron chi connectivity index (χ0n) is 16.2. The van der Waals surface area contributed by atoms with Crippen molar-refractivity contribution in [2.24, 2.45) is 5.10 Å². The van der Waals surface area contributed by atoms with Crippen LogP contribution < -0.4 is 10.2 Å². The Morgan fingerprint density at radius 1 is 0.867 bits per heavy atom. The zero-order chi connectivity index (χ0) is 20.8. The van der Waals surface area contributed by atoms with Gasteiger partial charge in [0.05, 0.1) is 13.3 Å². The van der Waals surface area contributed by atoms with Crippen LogP contribution in [0.25, 0.3) is 22.5 Å². The Balaban J connectivity index is 1.66. The highest BCUT2D eigenvalue weighted by molar-refractivity contribution is 9.10. The molecule has 0 spiro atoms. The lowest BCUT2D eigenvalue weighted by atomic mass is 10.0. The van der Waals surface area contributed by atoms with Crippen LogP contribution in [0.15, 0.2) is 88.4 Å². The van der Waals surface area contributed by atoms with E-state index >= 15 is 0 Å². The number of anilines is 1. The molecule has 4 rings (SSSR count). The number of nitrogens with one attached hydrogen (secondary N) is 1. The van der Waals surface area contributed by atoms with Gasteiger partial charge in [-0.05, 0) is 18.2 Å². The lowest BCUT2D eigenvalue weighted by Crippen LogP contribution is -2.03. The van der Waals surface area contributed by atoms with Crippen molar-refractivity contribution in [1.29, 1.82) is 0 Å². The van der Waals surface area contributed by atoms with Gasteiger partial charge in [-0.2, -0.15) is 5.10 Å². The molecule has 0 fully saturated rings. The number of methoxy groups -OCH3 is 1. The van der Waals surface area contributed by atoms with E-state index in [-0.39, 0.29) is 0 Å². The van der Waals surface area contributed by atoms with E-state index in [0.717, 1.165) is 26.9 Å². The molecule has 1 N–H and O–H groups in total. The van der Waals surface area contributed by atoms with E-state index in [1.807, 2.05) is 78.9 Å². The van der Waals surface area contributed by atoms with Gasteiger partial charge in [-0.25, -0.2) is 10.4 Å². The maximum absolute atomic E-state index is 5.36. The molecule has 30 heavy (non-hydrogen) atoms. The molecule has 1 heterocycles. The summed E-state index contributed by atoms with van der Waals surface area (Å²) in [5.74, 6) is 1.02. The first-order valence-corrected chi connectivity index (χ1v) is 10.0. The maximum atomic E-state index is 5.36. The quantitative estimate of drug-likeness (QED) is 0.307. The van der Waals surface area contributed by atoms with Crippen molar-refractivity contribution in [2.45, 2.75) is 0 Å². The fourth-order valence-electron chi connectivity index (χ4n) is 2.93. The number of hydrazone groups is 1. The molecule has 0 aliphatic rings. The number of ether oxygens (including phenoxy) is 1. The first-order valence-electron chi connectivity index (χ1n) is 9.23. The summed E-state index contributed by atoms with van der Waals surface area (Å²) in [6, 6.07) is 25.5. The van der Waals surface area contributed by atoms with Crippen molar-refractivity contribution >= 4 is 28.1 Å². The highest BCUT2D eigenvalue weighted by Crippen LogP contribution is 2.28. The second-order valence-corrected chi connectivity index (χ2v) is 7.24. The van der Waals surface area contributed by atoms with E-state index in [0.29, 0.717) is 17.4 Å². The summed E-state index contributed by atoms with van der Waals surface area (Å²) in [4.78, 5) is 4.67. The van der Waals surface area contributed by atoms with E-state index in [9.17, 15) is 0 Å². The molecule has 0 amide bonds. The predicted molar refractivity (Wildman–Crippen MR) is 123 cm³/mol. The molecular weight excluding hydrogens is 442 g/mol. The van der Waals surface area contributed by atoms with Gasteiger partial charge in [0.1, 0.15) is 17.1 Å². The molecule has 0 bridgehead atoms. The van der Waals surface area contributed by atoms with Crippen LogP contribution in [0.2, 0.25) is 0 Å². The third-order valence-corrected chi connectivity index (χ3v) is 4.83. The zero-order valence-corrected chi connectivity index (χ0v) is 17.7. The van der Waals surface area contributed by atoms with Crippen molar-refractivity contribution < 1.29 is 4.74 Å². The average molecular weight is 460 g/mol. The molecule has 3 aromatic carbocycles. The van der Waals surface area contributed by atoms with Crippen molar-refractivity contribution in [2.75, 3.05) is 12.5 Å². The predicted octanol–water partition coefficient (Wildman–Crippen LogP) is 5.42. The first-order chi connectivity index (χ1) is 14.7. The molecule has 0 saturated heterocycles. The monoisotopic (exact) mass is 459 g/mol. The SMILES string of the molecule is COc1ccc(Br)cc1/C=N/Nc1nnc(-c2ccccc2)c(-c2ccccc2)n1. The Bertz CT molecular complexity index is 1170. The fourth-order valence-corrected chi connectivity index (χ4v) is 3.31. The van der Waals surface area contributed by atoms with Gasteiger partial charge in [-0.3, -0.25) is 0 Å². The smallest absolute Gasteiger partial charge is 0.263 e. The highest BCUT2D eigenvalue weighted by Gasteiger charge is 2.13. The van der Waals surface area contributed by atoms with E-state index in [1.165, 1.54) is 0 Å². The number of hydrogen-bond acceptors (Lipinski definition) is 6. The number of nitrogens with zero attached hydrogens (tertiary/aromatic N) is 4. The summed E-state index contributed by atoms with van der Waals surface area (Å²) in [7, 11) is 1.62. The summed E-state index contributed by atoms with van der Waals surface area (Å²) in [6.07, 6.45) is 1.65. The first kappa shape index (κ1) is 19.7. The summed E-state index contributed by atoms with van der Waals surface area (Å²) in [5, 5.41) is 12.9. The van der Waals surface area contributed by atoms with Crippen molar-refractivity contribution in [3.8, 4) is 28.3 Å². The summed E-state index contributed by atoms with van der Waals surface area (Å²) >= 11 is 3.46. The van der Waals surface area contributed by atoms with E-state index in [4.69, 9.17) is 4.74 Å². The summed E-state index contributed by atoms with van der Waals surface area (Å²) in [5.41, 5.74) is 7.03. The summed E-state index contributed by atoms with van der Waals surface area (Å²) < 4.78 is 6.29. The average Bonchev–Trinajstić information content (AvgIpc) is 2.80. The Kier molecular flexibility index (Phi) is 6.10. The third kappa shape index (κ3) is 4.52. The fraction of sp³-hybridized carbons (Fsp3) is 0.0435. The van der Waals surface area contributed by atoms with E-state index in [2.05, 4.69) is 41.6 Å². The van der Waals surface area contributed by atoms with Crippen LogP contribution >= 0.6 is 15.9 Å². The maximum Gasteiger partial charge on any atom is 0.263 e. The standard InChI is InChI=1S/C23H18BrN5O/c1-30-20-13-12-19(24)14-18(20)15-25-28-23-26-21(16-8-4-2-5-9-16)22(27-29-23)17-10-6-3-7-11-17/h2-15H,1H3,(H,26,28,29)/b25-15+. The molecular formula is C23H18BrN5O. The number of rotatable bonds is 6. The van der Waals surface area contributed by atoms with Gasteiger partial charge < -0.3 is 4.74 Å². The second kappa shape index (κ2) is 9.28. The highest BCUT2D eigenvalue weighted by atomic mass is 79.9. The largest absolute Gasteiger partial charge is 0.496 e. The van der Waals surface area contributed by atoms with Crippen LogP contribution in [0.4, 0.5) is 5.95 Å². The molecule has 4 aromatic rings. The van der Waals surface area contributed by atoms with Crippen LogP contribution in [0.5, 0.6) is 5.75 Å². The summed E-state index contributed by atoms with van der Waals surface area (Å²) in [6.45, 7) is 0. The van der Waals surface area contributed by atoms with Gasteiger partial charge in [0, 0.05) is 21.2 Å². The molecule has 0 unspecified atom stereocenters. The van der Waals surface area contributed by atoms with Crippen LogP contribution in [-0.4, -0.2) is 28.5 Å². The van der Waals surface area contributed by atoms with E-state index in [1.54, 1.807) is 13.3 Å². The van der Waals surface area contributed by atoms with Crippen LogP contribution in [0, 0.1) is 0 Å². The van der Waals surface area contributed by atoms with Gasteiger partial charge in [0.2, 0.25) is 0 Å². The van der Waals surface area contributed by atoms with E-state index < -0.39 is 0 Å². The molecule has 1 aromatic heterocycles. The Hall–Kier alpha value is -3.58. The minimum absolute atomic E-state index is 0.304. The molecule has 7 heteroatoms. The van der Waals surface area contributed by atoms with Gasteiger partial charge in [-0.15, -0.1) is 10.2 Å².